The molecule has 0 aromatic carbocycles. The van der Waals surface area contributed by atoms with E-state index in [2.05, 4.69) is 5.32 Å². The third-order valence-electron chi connectivity index (χ3n) is 5.51. The predicted octanol–water partition coefficient (Wildman–Crippen LogP) is 2.62. The minimum atomic E-state index is -0.569. The van der Waals surface area contributed by atoms with Crippen molar-refractivity contribution in [2.45, 2.75) is 82.7 Å². The number of carbonyl (C=O) groups excluding carboxylic acids is 2. The van der Waals surface area contributed by atoms with Crippen LogP contribution >= 0.6 is 0 Å². The highest BCUT2D eigenvalue weighted by molar-refractivity contribution is 5.99. The molecule has 1 aliphatic heterocycles. The average molecular weight is 292 g/mol. The highest BCUT2D eigenvalue weighted by Gasteiger charge is 2.50. The van der Waals surface area contributed by atoms with Crippen LogP contribution in [-0.2, 0) is 9.59 Å². The zero-order chi connectivity index (χ0) is 14.9. The van der Waals surface area contributed by atoms with Gasteiger partial charge in [-0.3, -0.25) is 9.59 Å². The monoisotopic (exact) mass is 292 g/mol. The smallest absolute Gasteiger partial charge is 0.249 e. The number of carbonyl (C=O) groups is 2. The fourth-order valence-electron chi connectivity index (χ4n) is 4.04. The summed E-state index contributed by atoms with van der Waals surface area (Å²) in [5.41, 5.74) is -0.569. The molecule has 3 fully saturated rings. The minimum absolute atomic E-state index is 0.0745. The molecule has 1 heterocycles. The molecule has 118 valence electrons. The Bertz CT molecular complexity index is 411. The van der Waals surface area contributed by atoms with E-state index in [-0.39, 0.29) is 17.9 Å². The lowest BCUT2D eigenvalue weighted by Crippen LogP contribution is -2.70. The van der Waals surface area contributed by atoms with Gasteiger partial charge < -0.3 is 10.2 Å². The van der Waals surface area contributed by atoms with Gasteiger partial charge in [-0.1, -0.05) is 39.0 Å². The first-order chi connectivity index (χ1) is 10.2. The number of nitrogens with zero attached hydrogens (tertiary/aromatic N) is 1. The molecule has 2 amide bonds. The fourth-order valence-corrected chi connectivity index (χ4v) is 4.04. The van der Waals surface area contributed by atoms with Gasteiger partial charge in [-0.05, 0) is 38.0 Å². The van der Waals surface area contributed by atoms with E-state index >= 15 is 0 Å². The van der Waals surface area contributed by atoms with Gasteiger partial charge in [0, 0.05) is 6.54 Å². The molecule has 21 heavy (non-hydrogen) atoms. The normalized spacial score (nSPS) is 28.8. The van der Waals surface area contributed by atoms with Crippen molar-refractivity contribution in [2.75, 3.05) is 6.54 Å². The van der Waals surface area contributed by atoms with Crippen molar-refractivity contribution in [2.24, 2.45) is 5.92 Å². The number of rotatable bonds is 5. The Balaban J connectivity index is 1.71. The molecule has 0 bridgehead atoms. The molecule has 1 atom stereocenters. The van der Waals surface area contributed by atoms with Crippen molar-refractivity contribution in [1.29, 1.82) is 0 Å². The molecule has 4 heteroatoms. The van der Waals surface area contributed by atoms with E-state index < -0.39 is 5.54 Å². The molecule has 2 aliphatic carbocycles. The van der Waals surface area contributed by atoms with Gasteiger partial charge in [-0.15, -0.1) is 0 Å². The predicted molar refractivity (Wildman–Crippen MR) is 81.7 cm³/mol. The zero-order valence-electron chi connectivity index (χ0n) is 13.2. The van der Waals surface area contributed by atoms with E-state index in [1.807, 2.05) is 11.8 Å². The molecular weight excluding hydrogens is 264 g/mol. The fraction of sp³-hybridized carbons (Fsp3) is 0.882. The zero-order valence-corrected chi connectivity index (χ0v) is 13.2. The second-order valence-corrected chi connectivity index (χ2v) is 7.14. The second kappa shape index (κ2) is 5.98. The number of amides is 2. The summed E-state index contributed by atoms with van der Waals surface area (Å²) < 4.78 is 0. The van der Waals surface area contributed by atoms with Crippen LogP contribution < -0.4 is 5.32 Å². The van der Waals surface area contributed by atoms with Crippen LogP contribution in [0.15, 0.2) is 0 Å². The molecular formula is C17H28N2O2. The SMILES string of the molecule is CCC1C(=O)NC2(CCCCC2)C(=O)N1CCCC1CC1. The Morgan fingerprint density at radius 3 is 2.52 bits per heavy atom. The first kappa shape index (κ1) is 14.9. The van der Waals surface area contributed by atoms with Crippen molar-refractivity contribution in [3.8, 4) is 0 Å². The highest BCUT2D eigenvalue weighted by atomic mass is 16.2. The summed E-state index contributed by atoms with van der Waals surface area (Å²) in [6.07, 6.45) is 10.6. The van der Waals surface area contributed by atoms with E-state index in [0.717, 1.165) is 51.0 Å². The lowest BCUT2D eigenvalue weighted by atomic mass is 9.78. The minimum Gasteiger partial charge on any atom is -0.340 e. The number of nitrogens with one attached hydrogen (secondary N) is 1. The molecule has 2 saturated carbocycles. The summed E-state index contributed by atoms with van der Waals surface area (Å²) in [5.74, 6) is 1.16. The van der Waals surface area contributed by atoms with E-state index in [0.29, 0.717) is 0 Å². The molecule has 1 N–H and O–H groups in total. The lowest BCUT2D eigenvalue weighted by Gasteiger charge is -2.47. The third kappa shape index (κ3) is 2.95. The molecule has 3 aliphatic rings. The van der Waals surface area contributed by atoms with Crippen molar-refractivity contribution >= 4 is 11.8 Å². The summed E-state index contributed by atoms with van der Waals surface area (Å²) in [6.45, 7) is 2.77. The van der Waals surface area contributed by atoms with Gasteiger partial charge in [0.1, 0.15) is 11.6 Å². The maximum Gasteiger partial charge on any atom is 0.249 e. The standard InChI is InChI=1S/C17H28N2O2/c1-2-14-15(20)18-17(10-4-3-5-11-17)16(21)19(14)12-6-7-13-8-9-13/h13-14H,2-12H2,1H3,(H,18,20). The first-order valence-corrected chi connectivity index (χ1v) is 8.79. The Morgan fingerprint density at radius 2 is 1.90 bits per heavy atom. The van der Waals surface area contributed by atoms with Gasteiger partial charge in [-0.25, -0.2) is 0 Å². The average Bonchev–Trinajstić information content (AvgIpc) is 3.29. The van der Waals surface area contributed by atoms with Gasteiger partial charge in [0.2, 0.25) is 11.8 Å². The summed E-state index contributed by atoms with van der Waals surface area (Å²) in [5, 5.41) is 3.09. The Hall–Kier alpha value is -1.06. The van der Waals surface area contributed by atoms with E-state index in [4.69, 9.17) is 0 Å². The molecule has 1 saturated heterocycles. The third-order valence-corrected chi connectivity index (χ3v) is 5.51. The van der Waals surface area contributed by atoms with Gasteiger partial charge in [0.05, 0.1) is 0 Å². The van der Waals surface area contributed by atoms with Crippen molar-refractivity contribution < 1.29 is 9.59 Å². The largest absolute Gasteiger partial charge is 0.340 e. The van der Waals surface area contributed by atoms with Crippen molar-refractivity contribution in [3.05, 3.63) is 0 Å². The van der Waals surface area contributed by atoms with E-state index in [1.165, 1.54) is 25.7 Å². The summed E-state index contributed by atoms with van der Waals surface area (Å²) in [7, 11) is 0. The van der Waals surface area contributed by atoms with Crippen LogP contribution in [0, 0.1) is 5.92 Å². The van der Waals surface area contributed by atoms with Crippen LogP contribution in [0.5, 0.6) is 0 Å². The summed E-state index contributed by atoms with van der Waals surface area (Å²) >= 11 is 0. The van der Waals surface area contributed by atoms with Gasteiger partial charge in [0.25, 0.3) is 0 Å². The molecule has 1 unspecified atom stereocenters. The van der Waals surface area contributed by atoms with Gasteiger partial charge >= 0.3 is 0 Å². The molecule has 0 aromatic rings. The van der Waals surface area contributed by atoms with Crippen LogP contribution in [0.25, 0.3) is 0 Å². The van der Waals surface area contributed by atoms with Crippen LogP contribution in [0.4, 0.5) is 0 Å². The first-order valence-electron chi connectivity index (χ1n) is 8.79. The highest BCUT2D eigenvalue weighted by Crippen LogP contribution is 2.36. The van der Waals surface area contributed by atoms with Crippen molar-refractivity contribution in [1.82, 2.24) is 10.2 Å². The Labute approximate surface area is 127 Å². The van der Waals surface area contributed by atoms with Crippen LogP contribution in [0.1, 0.15) is 71.1 Å². The number of hydrogen-bond donors (Lipinski definition) is 1. The lowest BCUT2D eigenvalue weighted by molar-refractivity contribution is -0.156. The summed E-state index contributed by atoms with van der Waals surface area (Å²) in [4.78, 5) is 27.4. The van der Waals surface area contributed by atoms with Crippen LogP contribution in [0.3, 0.4) is 0 Å². The van der Waals surface area contributed by atoms with E-state index in [9.17, 15) is 9.59 Å². The van der Waals surface area contributed by atoms with Gasteiger partial charge in [-0.2, -0.15) is 0 Å². The van der Waals surface area contributed by atoms with Crippen LogP contribution in [0.2, 0.25) is 0 Å². The second-order valence-electron chi connectivity index (χ2n) is 7.14. The topological polar surface area (TPSA) is 49.4 Å². The van der Waals surface area contributed by atoms with Crippen LogP contribution in [-0.4, -0.2) is 34.8 Å². The molecule has 1 spiro atoms. The number of hydrogen-bond acceptors (Lipinski definition) is 2. The maximum atomic E-state index is 13.0. The molecule has 0 radical (unpaired) electrons. The Morgan fingerprint density at radius 1 is 1.19 bits per heavy atom. The van der Waals surface area contributed by atoms with E-state index in [1.54, 1.807) is 0 Å². The van der Waals surface area contributed by atoms with Crippen molar-refractivity contribution in [3.63, 3.8) is 0 Å². The maximum absolute atomic E-state index is 13.0. The van der Waals surface area contributed by atoms with Gasteiger partial charge in [0.15, 0.2) is 0 Å². The quantitative estimate of drug-likeness (QED) is 0.847. The molecule has 3 rings (SSSR count). The summed E-state index contributed by atoms with van der Waals surface area (Å²) in [6, 6.07) is -0.246. The molecule has 4 nitrogen and oxygen atoms in total. The Kier molecular flexibility index (Phi) is 4.23. The number of piperazine rings is 1. The molecule has 0 aromatic heterocycles.